The second kappa shape index (κ2) is 8.44. The summed E-state index contributed by atoms with van der Waals surface area (Å²) in [5.41, 5.74) is -0.983. The summed E-state index contributed by atoms with van der Waals surface area (Å²) in [4.78, 5) is 28.2. The number of anilines is 1. The second-order valence-electron chi connectivity index (χ2n) is 5.95. The Kier molecular flexibility index (Phi) is 5.79. The molecule has 5 nitrogen and oxygen atoms in total. The van der Waals surface area contributed by atoms with Crippen LogP contribution in [0.25, 0.3) is 0 Å². The van der Waals surface area contributed by atoms with Crippen LogP contribution in [0.2, 0.25) is 0 Å². The number of nitrogens with zero attached hydrogens (tertiary/aromatic N) is 2. The fraction of sp³-hybridized carbons (Fsp3) is 0.0952. The number of aromatic nitrogens is 2. The summed E-state index contributed by atoms with van der Waals surface area (Å²) in [5.74, 6) is 5.16. The molecule has 146 valence electrons. The van der Waals surface area contributed by atoms with Gasteiger partial charge in [-0.2, -0.15) is 13.2 Å². The molecule has 0 saturated heterocycles. The number of nitrogens with one attached hydrogen (secondary N) is 1. The Balaban J connectivity index is 1.72. The van der Waals surface area contributed by atoms with E-state index in [1.165, 1.54) is 0 Å². The molecule has 1 aromatic carbocycles. The second-order valence-corrected chi connectivity index (χ2v) is 5.95. The Labute approximate surface area is 163 Å². The standard InChI is InChI=1S/C21H14F3N3O2/c22-21(23,24)18-8-4-12-27(20(18)29)14-19(28)26-17-7-3-5-15(13-17)9-10-16-6-1-2-11-25-16/h1-8,11-13H,14H2,(H,26,28). The van der Waals surface area contributed by atoms with E-state index in [2.05, 4.69) is 22.1 Å². The molecule has 29 heavy (non-hydrogen) atoms. The number of carbonyl (C=O) groups excluding carboxylic acids is 1. The molecule has 0 unspecified atom stereocenters. The van der Waals surface area contributed by atoms with Gasteiger partial charge in [-0.3, -0.25) is 9.59 Å². The largest absolute Gasteiger partial charge is 0.421 e. The van der Waals surface area contributed by atoms with Gasteiger partial charge >= 0.3 is 6.18 Å². The summed E-state index contributed by atoms with van der Waals surface area (Å²) >= 11 is 0. The lowest BCUT2D eigenvalue weighted by Gasteiger charge is -2.10. The van der Waals surface area contributed by atoms with Crippen LogP contribution in [-0.2, 0) is 17.5 Å². The van der Waals surface area contributed by atoms with E-state index >= 15 is 0 Å². The SMILES string of the molecule is O=C(Cn1cccc(C(F)(F)F)c1=O)Nc1cccc(C#Cc2ccccn2)c1. The zero-order valence-electron chi connectivity index (χ0n) is 14.9. The highest BCUT2D eigenvalue weighted by atomic mass is 19.4. The first-order chi connectivity index (χ1) is 13.8. The first-order valence-electron chi connectivity index (χ1n) is 8.42. The molecule has 0 bridgehead atoms. The van der Waals surface area contributed by atoms with Gasteiger partial charge in [-0.15, -0.1) is 0 Å². The van der Waals surface area contributed by atoms with Crippen LogP contribution in [0.15, 0.2) is 71.8 Å². The van der Waals surface area contributed by atoms with Gasteiger partial charge in [0.1, 0.15) is 17.8 Å². The van der Waals surface area contributed by atoms with Crippen molar-refractivity contribution in [2.24, 2.45) is 0 Å². The first-order valence-corrected chi connectivity index (χ1v) is 8.42. The van der Waals surface area contributed by atoms with E-state index in [1.54, 1.807) is 42.6 Å². The van der Waals surface area contributed by atoms with Crippen molar-refractivity contribution in [3.05, 3.63) is 94.2 Å². The highest BCUT2D eigenvalue weighted by Crippen LogP contribution is 2.25. The lowest BCUT2D eigenvalue weighted by Crippen LogP contribution is -2.31. The van der Waals surface area contributed by atoms with Crippen molar-refractivity contribution in [3.63, 3.8) is 0 Å². The van der Waals surface area contributed by atoms with Gasteiger partial charge in [0.2, 0.25) is 5.91 Å². The monoisotopic (exact) mass is 397 g/mol. The van der Waals surface area contributed by atoms with Crippen molar-refractivity contribution in [1.29, 1.82) is 0 Å². The zero-order chi connectivity index (χ0) is 20.9. The Morgan fingerprint density at radius 1 is 1.07 bits per heavy atom. The number of rotatable bonds is 3. The van der Waals surface area contributed by atoms with Crippen molar-refractivity contribution >= 4 is 11.6 Å². The predicted molar refractivity (Wildman–Crippen MR) is 101 cm³/mol. The third kappa shape index (κ3) is 5.32. The van der Waals surface area contributed by atoms with Gasteiger partial charge < -0.3 is 9.88 Å². The van der Waals surface area contributed by atoms with Crippen molar-refractivity contribution in [2.75, 3.05) is 5.32 Å². The van der Waals surface area contributed by atoms with Crippen LogP contribution in [0.1, 0.15) is 16.8 Å². The van der Waals surface area contributed by atoms with E-state index in [9.17, 15) is 22.8 Å². The van der Waals surface area contributed by atoms with Crippen molar-refractivity contribution in [1.82, 2.24) is 9.55 Å². The summed E-state index contributed by atoms with van der Waals surface area (Å²) in [7, 11) is 0. The minimum Gasteiger partial charge on any atom is -0.324 e. The van der Waals surface area contributed by atoms with Gasteiger partial charge in [0.15, 0.2) is 0 Å². The number of benzene rings is 1. The van der Waals surface area contributed by atoms with E-state index in [-0.39, 0.29) is 0 Å². The average Bonchev–Trinajstić information content (AvgIpc) is 2.68. The fourth-order valence-corrected chi connectivity index (χ4v) is 2.48. The van der Waals surface area contributed by atoms with Crippen LogP contribution in [-0.4, -0.2) is 15.5 Å². The van der Waals surface area contributed by atoms with Crippen LogP contribution in [0, 0.1) is 11.8 Å². The normalized spacial score (nSPS) is 10.7. The van der Waals surface area contributed by atoms with Gasteiger partial charge in [-0.25, -0.2) is 4.98 Å². The van der Waals surface area contributed by atoms with Gasteiger partial charge in [0.25, 0.3) is 5.56 Å². The van der Waals surface area contributed by atoms with Gasteiger partial charge in [0, 0.05) is 23.6 Å². The molecule has 0 fully saturated rings. The number of alkyl halides is 3. The van der Waals surface area contributed by atoms with Crippen LogP contribution in [0.4, 0.5) is 18.9 Å². The molecule has 8 heteroatoms. The summed E-state index contributed by atoms with van der Waals surface area (Å²) in [6.07, 6.45) is -2.03. The minimum absolute atomic E-state index is 0.405. The fourth-order valence-electron chi connectivity index (χ4n) is 2.48. The highest BCUT2D eigenvalue weighted by molar-refractivity contribution is 5.90. The Morgan fingerprint density at radius 3 is 2.62 bits per heavy atom. The maximum atomic E-state index is 12.8. The first kappa shape index (κ1) is 19.9. The third-order valence-electron chi connectivity index (χ3n) is 3.79. The average molecular weight is 397 g/mol. The molecule has 2 heterocycles. The summed E-state index contributed by atoms with van der Waals surface area (Å²) in [5, 5.41) is 2.55. The van der Waals surface area contributed by atoms with Crippen molar-refractivity contribution in [2.45, 2.75) is 12.7 Å². The minimum atomic E-state index is -4.78. The predicted octanol–water partition coefficient (Wildman–Crippen LogP) is 3.30. The number of carbonyl (C=O) groups is 1. The van der Waals surface area contributed by atoms with Crippen molar-refractivity contribution < 1.29 is 18.0 Å². The van der Waals surface area contributed by atoms with Gasteiger partial charge in [-0.1, -0.05) is 18.1 Å². The Hall–Kier alpha value is -3.86. The molecule has 3 rings (SSSR count). The van der Waals surface area contributed by atoms with E-state index in [4.69, 9.17) is 0 Å². The molecule has 0 aliphatic rings. The molecule has 0 aliphatic carbocycles. The third-order valence-corrected chi connectivity index (χ3v) is 3.79. The van der Waals surface area contributed by atoms with Crippen LogP contribution < -0.4 is 10.9 Å². The molecule has 0 radical (unpaired) electrons. The summed E-state index contributed by atoms with van der Waals surface area (Å²) in [6.45, 7) is -0.549. The number of amides is 1. The van der Waals surface area contributed by atoms with Crippen molar-refractivity contribution in [3.8, 4) is 11.8 Å². The number of halogens is 3. The smallest absolute Gasteiger partial charge is 0.324 e. The molecule has 0 atom stereocenters. The lowest BCUT2D eigenvalue weighted by atomic mass is 10.2. The topological polar surface area (TPSA) is 64.0 Å². The van der Waals surface area contributed by atoms with E-state index in [1.807, 2.05) is 6.07 Å². The number of pyridine rings is 2. The Morgan fingerprint density at radius 2 is 1.90 bits per heavy atom. The molecule has 0 spiro atoms. The molecular formula is C21H14F3N3O2. The maximum absolute atomic E-state index is 12.8. The van der Waals surface area contributed by atoms with E-state index < -0.39 is 29.8 Å². The molecule has 3 aromatic rings. The zero-order valence-corrected chi connectivity index (χ0v) is 14.9. The van der Waals surface area contributed by atoms with E-state index in [0.29, 0.717) is 27.6 Å². The molecule has 1 amide bonds. The highest BCUT2D eigenvalue weighted by Gasteiger charge is 2.34. The summed E-state index contributed by atoms with van der Waals surface area (Å²) in [6, 6.07) is 13.7. The van der Waals surface area contributed by atoms with Crippen LogP contribution in [0.3, 0.4) is 0 Å². The number of hydrogen-bond donors (Lipinski definition) is 1. The molecule has 0 aliphatic heterocycles. The molecule has 1 N–H and O–H groups in total. The molecule has 0 saturated carbocycles. The van der Waals surface area contributed by atoms with Gasteiger partial charge in [-0.05, 0) is 48.4 Å². The van der Waals surface area contributed by atoms with E-state index in [0.717, 1.165) is 12.3 Å². The van der Waals surface area contributed by atoms with Crippen LogP contribution >= 0.6 is 0 Å². The summed E-state index contributed by atoms with van der Waals surface area (Å²) < 4.78 is 39.2. The van der Waals surface area contributed by atoms with Gasteiger partial charge in [0.05, 0.1) is 0 Å². The number of hydrogen-bond acceptors (Lipinski definition) is 3. The molecule has 2 aromatic heterocycles. The Bertz CT molecular complexity index is 1140. The molecular weight excluding hydrogens is 383 g/mol. The van der Waals surface area contributed by atoms with Crippen LogP contribution in [0.5, 0.6) is 0 Å². The maximum Gasteiger partial charge on any atom is 0.421 e. The quantitative estimate of drug-likeness (QED) is 0.690. The lowest BCUT2D eigenvalue weighted by molar-refractivity contribution is -0.139.